The number of carbonyl (C=O) groups excluding carboxylic acids is 1. The highest BCUT2D eigenvalue weighted by Gasteiger charge is 2.24. The van der Waals surface area contributed by atoms with E-state index < -0.39 is 6.10 Å². The fraction of sp³-hybridized carbons (Fsp3) is 0.875. The number of hydrogen-bond acceptors (Lipinski definition) is 3. The van der Waals surface area contributed by atoms with E-state index in [0.717, 1.165) is 5.33 Å². The van der Waals surface area contributed by atoms with Crippen molar-refractivity contribution in [1.82, 2.24) is 4.90 Å². The van der Waals surface area contributed by atoms with Gasteiger partial charge in [0.05, 0.1) is 19.8 Å². The first-order chi connectivity index (χ1) is 6.25. The van der Waals surface area contributed by atoms with Gasteiger partial charge in [-0.1, -0.05) is 15.9 Å². The second kappa shape index (κ2) is 5.57. The summed E-state index contributed by atoms with van der Waals surface area (Å²) in [4.78, 5) is 13.2. The Labute approximate surface area is 86.3 Å². The van der Waals surface area contributed by atoms with Gasteiger partial charge in [0, 0.05) is 18.9 Å². The molecule has 76 valence electrons. The molecule has 1 rings (SSSR count). The van der Waals surface area contributed by atoms with Crippen molar-refractivity contribution in [2.45, 2.75) is 6.10 Å². The molecule has 0 aliphatic carbocycles. The Kier molecular flexibility index (Phi) is 4.69. The van der Waals surface area contributed by atoms with E-state index in [1.807, 2.05) is 0 Å². The lowest BCUT2D eigenvalue weighted by Gasteiger charge is -2.26. The summed E-state index contributed by atoms with van der Waals surface area (Å²) >= 11 is 3.28. The summed E-state index contributed by atoms with van der Waals surface area (Å²) in [5.41, 5.74) is 0. The lowest BCUT2D eigenvalue weighted by Crippen LogP contribution is -2.44. The van der Waals surface area contributed by atoms with Crippen LogP contribution in [0.25, 0.3) is 0 Å². The van der Waals surface area contributed by atoms with Crippen LogP contribution in [0.1, 0.15) is 0 Å². The van der Waals surface area contributed by atoms with Gasteiger partial charge in [0.15, 0.2) is 6.10 Å². The van der Waals surface area contributed by atoms with Gasteiger partial charge in [-0.3, -0.25) is 4.79 Å². The highest BCUT2D eigenvalue weighted by atomic mass is 79.9. The Hall–Kier alpha value is -0.130. The minimum atomic E-state index is -0.405. The van der Waals surface area contributed by atoms with Gasteiger partial charge in [0.1, 0.15) is 0 Å². The van der Waals surface area contributed by atoms with Crippen molar-refractivity contribution < 1.29 is 14.3 Å². The number of halogens is 1. The number of hydrogen-bond donors (Lipinski definition) is 0. The molecular weight excluding hydrogens is 238 g/mol. The summed E-state index contributed by atoms with van der Waals surface area (Å²) in [6.45, 7) is 2.18. The zero-order chi connectivity index (χ0) is 9.68. The molecule has 13 heavy (non-hydrogen) atoms. The third-order valence-electron chi connectivity index (χ3n) is 1.89. The average Bonchev–Trinajstić information content (AvgIpc) is 2.18. The molecule has 1 aliphatic rings. The maximum Gasteiger partial charge on any atom is 0.253 e. The van der Waals surface area contributed by atoms with Gasteiger partial charge in [-0.15, -0.1) is 0 Å². The molecule has 5 heteroatoms. The number of rotatable bonds is 3. The average molecular weight is 252 g/mol. The molecule has 1 fully saturated rings. The summed E-state index contributed by atoms with van der Waals surface area (Å²) in [6, 6.07) is 0. The van der Waals surface area contributed by atoms with Crippen molar-refractivity contribution in [2.75, 3.05) is 38.7 Å². The van der Waals surface area contributed by atoms with E-state index in [1.54, 1.807) is 11.9 Å². The van der Waals surface area contributed by atoms with Crippen LogP contribution in [0, 0.1) is 0 Å². The Morgan fingerprint density at radius 2 is 2.38 bits per heavy atom. The van der Waals surface area contributed by atoms with Gasteiger partial charge >= 0.3 is 0 Å². The summed E-state index contributed by atoms with van der Waals surface area (Å²) in [5, 5.41) is 0.781. The maximum atomic E-state index is 11.6. The van der Waals surface area contributed by atoms with Gasteiger partial charge in [0.2, 0.25) is 0 Å². The topological polar surface area (TPSA) is 38.8 Å². The zero-order valence-corrected chi connectivity index (χ0v) is 9.25. The van der Waals surface area contributed by atoms with E-state index in [2.05, 4.69) is 15.9 Å². The first kappa shape index (κ1) is 10.9. The van der Waals surface area contributed by atoms with Crippen LogP contribution in [0.15, 0.2) is 0 Å². The van der Waals surface area contributed by atoms with E-state index >= 15 is 0 Å². The van der Waals surface area contributed by atoms with Crippen molar-refractivity contribution in [3.63, 3.8) is 0 Å². The molecule has 1 saturated heterocycles. The van der Waals surface area contributed by atoms with Crippen LogP contribution in [0.4, 0.5) is 0 Å². The predicted molar refractivity (Wildman–Crippen MR) is 52.0 cm³/mol. The molecule has 0 aromatic heterocycles. The summed E-state index contributed by atoms with van der Waals surface area (Å²) in [6.07, 6.45) is -0.405. The van der Waals surface area contributed by atoms with E-state index in [-0.39, 0.29) is 5.91 Å². The third-order valence-corrected chi connectivity index (χ3v) is 2.24. The van der Waals surface area contributed by atoms with Crippen LogP contribution in [-0.4, -0.2) is 55.7 Å². The SMILES string of the molecule is CN(CCBr)C(=O)C1COCCO1. The normalized spacial score (nSPS) is 22.8. The van der Waals surface area contributed by atoms with E-state index in [4.69, 9.17) is 9.47 Å². The number of ether oxygens (including phenoxy) is 2. The molecular formula is C8H14BrNO3. The molecule has 0 N–H and O–H groups in total. The first-order valence-corrected chi connectivity index (χ1v) is 5.38. The second-order valence-corrected chi connectivity index (χ2v) is 3.68. The summed E-state index contributed by atoms with van der Waals surface area (Å²) in [5.74, 6) is -0.000787. The molecule has 0 aromatic carbocycles. The van der Waals surface area contributed by atoms with Gasteiger partial charge in [-0.25, -0.2) is 0 Å². The lowest BCUT2D eigenvalue weighted by atomic mass is 10.3. The molecule has 0 radical (unpaired) electrons. The maximum absolute atomic E-state index is 11.6. The number of amides is 1. The van der Waals surface area contributed by atoms with Crippen LogP contribution in [0.2, 0.25) is 0 Å². The number of alkyl halides is 1. The van der Waals surface area contributed by atoms with Crippen LogP contribution < -0.4 is 0 Å². The fourth-order valence-electron chi connectivity index (χ4n) is 1.11. The highest BCUT2D eigenvalue weighted by Crippen LogP contribution is 2.04. The highest BCUT2D eigenvalue weighted by molar-refractivity contribution is 9.09. The quantitative estimate of drug-likeness (QED) is 0.676. The van der Waals surface area contributed by atoms with Gasteiger partial charge in [0.25, 0.3) is 5.91 Å². The standard InChI is InChI=1S/C8H14BrNO3/c1-10(3-2-9)8(11)7-6-12-4-5-13-7/h7H,2-6H2,1H3. The third kappa shape index (κ3) is 3.25. The Bertz CT molecular complexity index is 171. The van der Waals surface area contributed by atoms with Gasteiger partial charge in [-0.05, 0) is 0 Å². The van der Waals surface area contributed by atoms with Crippen molar-refractivity contribution in [3.05, 3.63) is 0 Å². The van der Waals surface area contributed by atoms with E-state index in [9.17, 15) is 4.79 Å². The monoisotopic (exact) mass is 251 g/mol. The van der Waals surface area contributed by atoms with Crippen molar-refractivity contribution in [2.24, 2.45) is 0 Å². The zero-order valence-electron chi connectivity index (χ0n) is 7.66. The van der Waals surface area contributed by atoms with Crippen molar-refractivity contribution >= 4 is 21.8 Å². The molecule has 0 bridgehead atoms. The molecule has 0 aromatic rings. The van der Waals surface area contributed by atoms with Gasteiger partial charge < -0.3 is 14.4 Å². The van der Waals surface area contributed by atoms with E-state index in [0.29, 0.717) is 26.4 Å². The van der Waals surface area contributed by atoms with Crippen LogP contribution in [-0.2, 0) is 14.3 Å². The lowest BCUT2D eigenvalue weighted by molar-refractivity contribution is -0.156. The molecule has 0 saturated carbocycles. The van der Waals surface area contributed by atoms with Crippen molar-refractivity contribution in [3.8, 4) is 0 Å². The molecule has 1 amide bonds. The second-order valence-electron chi connectivity index (χ2n) is 2.88. The molecule has 1 heterocycles. The minimum absolute atomic E-state index is 0.000787. The van der Waals surface area contributed by atoms with Crippen LogP contribution in [0.5, 0.6) is 0 Å². The largest absolute Gasteiger partial charge is 0.376 e. The molecule has 1 aliphatic heterocycles. The molecule has 4 nitrogen and oxygen atoms in total. The summed E-state index contributed by atoms with van der Waals surface area (Å²) < 4.78 is 10.4. The van der Waals surface area contributed by atoms with Crippen LogP contribution in [0.3, 0.4) is 0 Å². The Morgan fingerprint density at radius 1 is 1.62 bits per heavy atom. The molecule has 0 spiro atoms. The summed E-state index contributed by atoms with van der Waals surface area (Å²) in [7, 11) is 1.77. The predicted octanol–water partition coefficient (Wildman–Crippen LogP) is 0.255. The molecule has 1 atom stereocenters. The Balaban J connectivity index is 2.36. The fourth-order valence-corrected chi connectivity index (χ4v) is 1.65. The molecule has 1 unspecified atom stereocenters. The van der Waals surface area contributed by atoms with Crippen molar-refractivity contribution in [1.29, 1.82) is 0 Å². The van der Waals surface area contributed by atoms with Gasteiger partial charge in [-0.2, -0.15) is 0 Å². The number of likely N-dealkylation sites (N-methyl/N-ethyl adjacent to an activating group) is 1. The van der Waals surface area contributed by atoms with E-state index in [1.165, 1.54) is 0 Å². The minimum Gasteiger partial charge on any atom is -0.376 e. The number of nitrogens with zero attached hydrogens (tertiary/aromatic N) is 1. The van der Waals surface area contributed by atoms with Crippen LogP contribution >= 0.6 is 15.9 Å². The Morgan fingerprint density at radius 3 is 2.92 bits per heavy atom. The first-order valence-electron chi connectivity index (χ1n) is 4.26. The smallest absolute Gasteiger partial charge is 0.253 e. The number of carbonyl (C=O) groups is 1.